The second-order valence-corrected chi connectivity index (χ2v) is 6.04. The van der Waals surface area contributed by atoms with Crippen LogP contribution in [0, 0.1) is 0 Å². The molecule has 1 aromatic heterocycles. The molecule has 3 rings (SSSR count). The molecular weight excluding hydrogens is 284 g/mol. The van der Waals surface area contributed by atoms with Gasteiger partial charge in [-0.3, -0.25) is 4.79 Å². The standard InChI is InChI=1S/C16H18N2O2S/c1-20-11-16(19)17-13-4-2-3-5-14(13)18-8-6-15-12(10-18)7-9-21-15/h2-5,7,9H,6,8,10-11H2,1H3,(H,17,19). The molecule has 1 N–H and O–H groups in total. The molecule has 1 amide bonds. The number of carbonyl (C=O) groups is 1. The van der Waals surface area contributed by atoms with E-state index in [9.17, 15) is 4.79 Å². The van der Waals surface area contributed by atoms with Crippen LogP contribution >= 0.6 is 11.3 Å². The second kappa shape index (κ2) is 6.28. The number of para-hydroxylation sites is 2. The van der Waals surface area contributed by atoms with Crippen LogP contribution < -0.4 is 10.2 Å². The van der Waals surface area contributed by atoms with Gasteiger partial charge in [-0.05, 0) is 35.6 Å². The zero-order chi connectivity index (χ0) is 14.7. The number of nitrogens with one attached hydrogen (secondary N) is 1. The Labute approximate surface area is 128 Å². The lowest BCUT2D eigenvalue weighted by Crippen LogP contribution is -2.30. The van der Waals surface area contributed by atoms with Crippen LogP contribution in [0.5, 0.6) is 0 Å². The SMILES string of the molecule is COCC(=O)Nc1ccccc1N1CCc2sccc2C1. The Hall–Kier alpha value is -1.85. The molecular formula is C16H18N2O2S. The summed E-state index contributed by atoms with van der Waals surface area (Å²) in [6.07, 6.45) is 1.06. The predicted molar refractivity (Wildman–Crippen MR) is 86.0 cm³/mol. The number of nitrogens with zero attached hydrogens (tertiary/aromatic N) is 1. The number of amides is 1. The van der Waals surface area contributed by atoms with E-state index >= 15 is 0 Å². The van der Waals surface area contributed by atoms with Crippen molar-refractivity contribution < 1.29 is 9.53 Å². The Morgan fingerprint density at radius 1 is 1.38 bits per heavy atom. The summed E-state index contributed by atoms with van der Waals surface area (Å²) >= 11 is 1.83. The molecule has 0 saturated heterocycles. The monoisotopic (exact) mass is 302 g/mol. The first kappa shape index (κ1) is 14.1. The van der Waals surface area contributed by atoms with Gasteiger partial charge < -0.3 is 15.0 Å². The van der Waals surface area contributed by atoms with Gasteiger partial charge in [0.05, 0.1) is 11.4 Å². The molecule has 0 radical (unpaired) electrons. The maximum Gasteiger partial charge on any atom is 0.250 e. The van der Waals surface area contributed by atoms with Gasteiger partial charge in [0, 0.05) is 25.1 Å². The highest BCUT2D eigenvalue weighted by Crippen LogP contribution is 2.32. The maximum absolute atomic E-state index is 11.8. The average Bonchev–Trinajstić information content (AvgIpc) is 2.95. The highest BCUT2D eigenvalue weighted by atomic mass is 32.1. The number of rotatable bonds is 4. The van der Waals surface area contributed by atoms with E-state index in [4.69, 9.17) is 4.74 Å². The molecule has 0 spiro atoms. The molecule has 0 unspecified atom stereocenters. The van der Waals surface area contributed by atoms with Gasteiger partial charge in [0.25, 0.3) is 0 Å². The smallest absolute Gasteiger partial charge is 0.250 e. The lowest BCUT2D eigenvalue weighted by molar-refractivity contribution is -0.119. The Kier molecular flexibility index (Phi) is 4.22. The number of carbonyl (C=O) groups excluding carboxylic acids is 1. The third kappa shape index (κ3) is 3.09. The number of fused-ring (bicyclic) bond motifs is 1. The van der Waals surface area contributed by atoms with Crippen molar-refractivity contribution in [1.82, 2.24) is 0 Å². The summed E-state index contributed by atoms with van der Waals surface area (Å²) in [6.45, 7) is 1.95. The topological polar surface area (TPSA) is 41.6 Å². The molecule has 0 atom stereocenters. The van der Waals surface area contributed by atoms with Crippen molar-refractivity contribution in [1.29, 1.82) is 0 Å². The van der Waals surface area contributed by atoms with Gasteiger partial charge in [0.1, 0.15) is 6.61 Å². The molecule has 0 aliphatic carbocycles. The minimum Gasteiger partial charge on any atom is -0.375 e. The molecule has 1 aromatic carbocycles. The summed E-state index contributed by atoms with van der Waals surface area (Å²) in [5.74, 6) is -0.127. The highest BCUT2D eigenvalue weighted by molar-refractivity contribution is 7.10. The van der Waals surface area contributed by atoms with Crippen molar-refractivity contribution in [3.8, 4) is 0 Å². The Morgan fingerprint density at radius 3 is 3.10 bits per heavy atom. The van der Waals surface area contributed by atoms with Gasteiger partial charge in [0.15, 0.2) is 0 Å². The van der Waals surface area contributed by atoms with E-state index in [-0.39, 0.29) is 12.5 Å². The summed E-state index contributed by atoms with van der Waals surface area (Å²) in [7, 11) is 1.52. The van der Waals surface area contributed by atoms with Gasteiger partial charge in [-0.2, -0.15) is 0 Å². The van der Waals surface area contributed by atoms with E-state index < -0.39 is 0 Å². The summed E-state index contributed by atoms with van der Waals surface area (Å²) < 4.78 is 4.87. The van der Waals surface area contributed by atoms with Crippen LogP contribution in [0.15, 0.2) is 35.7 Å². The fourth-order valence-corrected chi connectivity index (χ4v) is 3.52. The van der Waals surface area contributed by atoms with Crippen molar-refractivity contribution in [2.75, 3.05) is 30.5 Å². The van der Waals surface area contributed by atoms with Crippen LogP contribution in [0.4, 0.5) is 11.4 Å². The largest absolute Gasteiger partial charge is 0.375 e. The van der Waals surface area contributed by atoms with Gasteiger partial charge >= 0.3 is 0 Å². The maximum atomic E-state index is 11.8. The Morgan fingerprint density at radius 2 is 2.24 bits per heavy atom. The number of thiophene rings is 1. The van der Waals surface area contributed by atoms with E-state index in [0.29, 0.717) is 0 Å². The van der Waals surface area contributed by atoms with Crippen LogP contribution in [-0.4, -0.2) is 26.2 Å². The molecule has 2 aromatic rings. The van der Waals surface area contributed by atoms with Crippen molar-refractivity contribution in [2.45, 2.75) is 13.0 Å². The first-order valence-corrected chi connectivity index (χ1v) is 7.84. The van der Waals surface area contributed by atoms with Gasteiger partial charge in [-0.25, -0.2) is 0 Å². The second-order valence-electron chi connectivity index (χ2n) is 5.04. The normalized spacial score (nSPS) is 13.9. The van der Waals surface area contributed by atoms with E-state index in [1.54, 1.807) is 0 Å². The van der Waals surface area contributed by atoms with Gasteiger partial charge in [0.2, 0.25) is 5.91 Å². The zero-order valence-electron chi connectivity index (χ0n) is 12.0. The summed E-state index contributed by atoms with van der Waals surface area (Å²) in [6, 6.07) is 10.1. The Bertz CT molecular complexity index is 639. The molecule has 1 aliphatic heterocycles. The third-order valence-electron chi connectivity index (χ3n) is 3.60. The molecule has 5 heteroatoms. The van der Waals surface area contributed by atoms with Crippen LogP contribution in [0.3, 0.4) is 0 Å². The summed E-state index contributed by atoms with van der Waals surface area (Å²) in [4.78, 5) is 15.5. The van der Waals surface area contributed by atoms with Crippen molar-refractivity contribution in [3.63, 3.8) is 0 Å². The molecule has 4 nitrogen and oxygen atoms in total. The molecule has 2 heterocycles. The summed E-state index contributed by atoms with van der Waals surface area (Å²) in [5.41, 5.74) is 3.31. The van der Waals surface area contributed by atoms with Gasteiger partial charge in [-0.1, -0.05) is 12.1 Å². The lowest BCUT2D eigenvalue weighted by atomic mass is 10.1. The quantitative estimate of drug-likeness (QED) is 0.944. The minimum absolute atomic E-state index is 0.0724. The fraction of sp³-hybridized carbons (Fsp3) is 0.312. The molecule has 0 fully saturated rings. The molecule has 1 aliphatic rings. The van der Waals surface area contributed by atoms with E-state index in [1.807, 2.05) is 29.5 Å². The predicted octanol–water partition coefficient (Wildman–Crippen LogP) is 2.90. The molecule has 0 saturated carbocycles. The lowest BCUT2D eigenvalue weighted by Gasteiger charge is -2.30. The zero-order valence-corrected chi connectivity index (χ0v) is 12.8. The van der Waals surface area contributed by atoms with Gasteiger partial charge in [-0.15, -0.1) is 11.3 Å². The highest BCUT2D eigenvalue weighted by Gasteiger charge is 2.19. The van der Waals surface area contributed by atoms with Crippen LogP contribution in [0.25, 0.3) is 0 Å². The van der Waals surface area contributed by atoms with Crippen LogP contribution in [0.1, 0.15) is 10.4 Å². The first-order chi connectivity index (χ1) is 10.3. The third-order valence-corrected chi connectivity index (χ3v) is 4.62. The number of anilines is 2. The first-order valence-electron chi connectivity index (χ1n) is 6.96. The molecule has 21 heavy (non-hydrogen) atoms. The Balaban J connectivity index is 1.81. The van der Waals surface area contributed by atoms with Crippen molar-refractivity contribution in [2.24, 2.45) is 0 Å². The van der Waals surface area contributed by atoms with Crippen LogP contribution in [0.2, 0.25) is 0 Å². The van der Waals surface area contributed by atoms with E-state index in [0.717, 1.165) is 30.9 Å². The number of benzene rings is 1. The fourth-order valence-electron chi connectivity index (χ4n) is 2.63. The molecule has 0 bridgehead atoms. The minimum atomic E-state index is -0.127. The van der Waals surface area contributed by atoms with Crippen LogP contribution in [-0.2, 0) is 22.5 Å². The van der Waals surface area contributed by atoms with E-state index in [1.165, 1.54) is 17.6 Å². The number of hydrogen-bond acceptors (Lipinski definition) is 4. The number of methoxy groups -OCH3 is 1. The number of ether oxygens (including phenoxy) is 1. The van der Waals surface area contributed by atoms with Crippen molar-refractivity contribution >= 4 is 28.6 Å². The van der Waals surface area contributed by atoms with Crippen molar-refractivity contribution in [3.05, 3.63) is 46.2 Å². The molecule has 110 valence electrons. The number of hydrogen-bond donors (Lipinski definition) is 1. The average molecular weight is 302 g/mol. The summed E-state index contributed by atoms with van der Waals surface area (Å²) in [5, 5.41) is 5.08. The van der Waals surface area contributed by atoms with E-state index in [2.05, 4.69) is 27.7 Å².